The van der Waals surface area contributed by atoms with Gasteiger partial charge in [-0.15, -0.1) is 0 Å². The van der Waals surface area contributed by atoms with Crippen molar-refractivity contribution in [1.29, 1.82) is 0 Å². The van der Waals surface area contributed by atoms with E-state index in [-0.39, 0.29) is 24.3 Å². The summed E-state index contributed by atoms with van der Waals surface area (Å²) in [5.74, 6) is -0.231. The Balaban J connectivity index is 1.33. The maximum atomic E-state index is 15.0. The summed E-state index contributed by atoms with van der Waals surface area (Å²) in [5, 5.41) is 12.9. The molecule has 3 aromatic carbocycles. The van der Waals surface area contributed by atoms with Crippen LogP contribution in [0, 0.1) is 5.82 Å². The molecule has 1 fully saturated rings. The molecule has 5 rings (SSSR count). The lowest BCUT2D eigenvalue weighted by molar-refractivity contribution is -0.113. The van der Waals surface area contributed by atoms with Crippen LogP contribution >= 0.6 is 0 Å². The minimum absolute atomic E-state index is 0.0187. The Labute approximate surface area is 226 Å². The van der Waals surface area contributed by atoms with Crippen molar-refractivity contribution in [3.05, 3.63) is 84.3 Å². The number of aliphatic hydroxyl groups is 1. The van der Waals surface area contributed by atoms with E-state index in [1.807, 2.05) is 42.5 Å². The molecule has 8 nitrogen and oxygen atoms in total. The number of anilines is 2. The standard InChI is InChI=1S/C30H30FN5O3/c31-26-18-24(39-23-11-13-36(14-12-23)15-16-37)8-9-27(26)34-30-33-19-22-5-2-6-25(29(22)35-30)21-4-1-3-20(17-21)7-10-28(32)38/h1-10,17-19,23,37H,11-16H2,(H2,32,38)(H,33,34,35). The fourth-order valence-corrected chi connectivity index (χ4v) is 4.71. The Bertz CT molecular complexity index is 1500. The summed E-state index contributed by atoms with van der Waals surface area (Å²) < 4.78 is 21.0. The number of carbonyl (C=O) groups is 1. The van der Waals surface area contributed by atoms with E-state index in [0.717, 1.165) is 48.0 Å². The zero-order chi connectivity index (χ0) is 27.2. The van der Waals surface area contributed by atoms with Crippen LogP contribution in [-0.2, 0) is 4.79 Å². The number of amides is 1. The van der Waals surface area contributed by atoms with Crippen LogP contribution < -0.4 is 15.8 Å². The molecule has 1 aliphatic heterocycles. The van der Waals surface area contributed by atoms with Gasteiger partial charge in [-0.05, 0) is 48.2 Å². The lowest BCUT2D eigenvalue weighted by Crippen LogP contribution is -2.39. The highest BCUT2D eigenvalue weighted by atomic mass is 19.1. The summed E-state index contributed by atoms with van der Waals surface area (Å²) in [7, 11) is 0. The normalized spacial score (nSPS) is 14.6. The van der Waals surface area contributed by atoms with E-state index in [2.05, 4.69) is 15.2 Å². The highest BCUT2D eigenvalue weighted by molar-refractivity contribution is 5.95. The van der Waals surface area contributed by atoms with E-state index in [1.165, 1.54) is 12.1 Å². The predicted octanol–water partition coefficient (Wildman–Crippen LogP) is 4.51. The number of aliphatic hydroxyl groups excluding tert-OH is 1. The van der Waals surface area contributed by atoms with Gasteiger partial charge in [-0.2, -0.15) is 0 Å². The zero-order valence-corrected chi connectivity index (χ0v) is 21.4. The Hall–Kier alpha value is -4.34. The minimum atomic E-state index is -0.514. The molecule has 4 aromatic rings. The van der Waals surface area contributed by atoms with Crippen molar-refractivity contribution in [3.63, 3.8) is 0 Å². The SMILES string of the molecule is NC(=O)C=Cc1cccc(-c2cccc3cnc(Nc4ccc(OC5CCN(CCO)CC5)cc4F)nc23)c1. The number of likely N-dealkylation sites (tertiary alicyclic amines) is 1. The Morgan fingerprint density at radius 3 is 2.74 bits per heavy atom. The van der Waals surface area contributed by atoms with Crippen LogP contribution in [0.2, 0.25) is 0 Å². The topological polar surface area (TPSA) is 114 Å². The van der Waals surface area contributed by atoms with Gasteiger partial charge in [0.15, 0.2) is 0 Å². The number of rotatable bonds is 9. The molecular formula is C30H30FN5O3. The smallest absolute Gasteiger partial charge is 0.241 e. The van der Waals surface area contributed by atoms with Crippen molar-refractivity contribution in [2.75, 3.05) is 31.6 Å². The van der Waals surface area contributed by atoms with E-state index in [1.54, 1.807) is 24.4 Å². The van der Waals surface area contributed by atoms with E-state index < -0.39 is 11.7 Å². The van der Waals surface area contributed by atoms with Gasteiger partial charge in [0.05, 0.1) is 17.8 Å². The summed E-state index contributed by atoms with van der Waals surface area (Å²) in [5.41, 5.74) is 8.79. The van der Waals surface area contributed by atoms with Gasteiger partial charge in [0.2, 0.25) is 11.9 Å². The number of nitrogens with one attached hydrogen (secondary N) is 1. The average Bonchev–Trinajstić information content (AvgIpc) is 2.94. The number of primary amides is 1. The van der Waals surface area contributed by atoms with Gasteiger partial charge in [0.1, 0.15) is 17.7 Å². The van der Waals surface area contributed by atoms with Crippen LogP contribution in [0.5, 0.6) is 5.75 Å². The van der Waals surface area contributed by atoms with Crippen molar-refractivity contribution in [1.82, 2.24) is 14.9 Å². The second-order valence-electron chi connectivity index (χ2n) is 9.45. The van der Waals surface area contributed by atoms with E-state index in [0.29, 0.717) is 17.8 Å². The number of carbonyl (C=O) groups excluding carboxylic acids is 1. The number of ether oxygens (including phenoxy) is 1. The van der Waals surface area contributed by atoms with Crippen LogP contribution in [0.25, 0.3) is 28.1 Å². The number of fused-ring (bicyclic) bond motifs is 1. The van der Waals surface area contributed by atoms with Gasteiger partial charge in [-0.1, -0.05) is 36.4 Å². The Morgan fingerprint density at radius 1 is 1.15 bits per heavy atom. The fraction of sp³-hybridized carbons (Fsp3) is 0.233. The number of nitrogens with two attached hydrogens (primary N) is 1. The van der Waals surface area contributed by atoms with Gasteiger partial charge in [0.25, 0.3) is 0 Å². The molecule has 9 heteroatoms. The molecule has 1 amide bonds. The fourth-order valence-electron chi connectivity index (χ4n) is 4.71. The Kier molecular flexibility index (Phi) is 8.10. The van der Waals surface area contributed by atoms with Crippen molar-refractivity contribution in [3.8, 4) is 16.9 Å². The van der Waals surface area contributed by atoms with Crippen molar-refractivity contribution in [2.24, 2.45) is 5.73 Å². The molecule has 1 aromatic heterocycles. The summed E-state index contributed by atoms with van der Waals surface area (Å²) in [6.45, 7) is 2.52. The zero-order valence-electron chi connectivity index (χ0n) is 21.4. The number of benzene rings is 3. The van der Waals surface area contributed by atoms with Crippen molar-refractivity contribution >= 4 is 34.5 Å². The molecule has 0 unspecified atom stereocenters. The van der Waals surface area contributed by atoms with Gasteiger partial charge in [-0.25, -0.2) is 14.4 Å². The Morgan fingerprint density at radius 2 is 1.97 bits per heavy atom. The molecule has 0 aliphatic carbocycles. The number of β-amino-alcohol motifs (C(OH)–C–C–N with tert-alkyl or cyclic N) is 1. The second kappa shape index (κ2) is 12.0. The lowest BCUT2D eigenvalue weighted by Gasteiger charge is -2.31. The number of nitrogens with zero attached hydrogens (tertiary/aromatic N) is 3. The third kappa shape index (κ3) is 6.57. The molecule has 2 heterocycles. The summed E-state index contributed by atoms with van der Waals surface area (Å²) in [6.07, 6.45) is 6.36. The van der Waals surface area contributed by atoms with Gasteiger partial charge < -0.3 is 25.8 Å². The van der Waals surface area contributed by atoms with Crippen molar-refractivity contribution < 1.29 is 19.0 Å². The number of para-hydroxylation sites is 1. The van der Waals surface area contributed by atoms with Crippen LogP contribution in [-0.4, -0.2) is 58.2 Å². The van der Waals surface area contributed by atoms with Crippen LogP contribution in [0.3, 0.4) is 0 Å². The van der Waals surface area contributed by atoms with Crippen molar-refractivity contribution in [2.45, 2.75) is 18.9 Å². The van der Waals surface area contributed by atoms with Gasteiger partial charge >= 0.3 is 0 Å². The van der Waals surface area contributed by atoms with Gasteiger partial charge in [0, 0.05) is 48.9 Å². The van der Waals surface area contributed by atoms with E-state index in [9.17, 15) is 4.79 Å². The molecule has 0 bridgehead atoms. The number of piperidine rings is 1. The largest absolute Gasteiger partial charge is 0.490 e. The number of aromatic nitrogens is 2. The predicted molar refractivity (Wildman–Crippen MR) is 150 cm³/mol. The van der Waals surface area contributed by atoms with Crippen LogP contribution in [0.1, 0.15) is 18.4 Å². The molecule has 200 valence electrons. The molecule has 0 radical (unpaired) electrons. The molecule has 1 saturated heterocycles. The highest BCUT2D eigenvalue weighted by Crippen LogP contribution is 2.30. The average molecular weight is 528 g/mol. The highest BCUT2D eigenvalue weighted by Gasteiger charge is 2.20. The number of hydrogen-bond donors (Lipinski definition) is 3. The van der Waals surface area contributed by atoms with Crippen LogP contribution in [0.4, 0.5) is 16.0 Å². The molecule has 1 aliphatic rings. The quantitative estimate of drug-likeness (QED) is 0.274. The summed E-state index contributed by atoms with van der Waals surface area (Å²) in [4.78, 5) is 22.4. The maximum absolute atomic E-state index is 15.0. The second-order valence-corrected chi connectivity index (χ2v) is 9.45. The summed E-state index contributed by atoms with van der Waals surface area (Å²) >= 11 is 0. The first-order valence-corrected chi connectivity index (χ1v) is 12.9. The molecular weight excluding hydrogens is 497 g/mol. The lowest BCUT2D eigenvalue weighted by atomic mass is 10.0. The molecule has 39 heavy (non-hydrogen) atoms. The first-order chi connectivity index (χ1) is 19.0. The molecule has 0 atom stereocenters. The third-order valence-electron chi connectivity index (χ3n) is 6.69. The molecule has 0 saturated carbocycles. The van der Waals surface area contributed by atoms with E-state index in [4.69, 9.17) is 20.6 Å². The number of hydrogen-bond acceptors (Lipinski definition) is 7. The minimum Gasteiger partial charge on any atom is -0.490 e. The molecule has 0 spiro atoms. The monoisotopic (exact) mass is 527 g/mol. The molecule has 4 N–H and O–H groups in total. The third-order valence-corrected chi connectivity index (χ3v) is 6.69. The first kappa shape index (κ1) is 26.3. The maximum Gasteiger partial charge on any atom is 0.241 e. The summed E-state index contributed by atoms with van der Waals surface area (Å²) in [6, 6.07) is 18.2. The van der Waals surface area contributed by atoms with E-state index >= 15 is 4.39 Å². The first-order valence-electron chi connectivity index (χ1n) is 12.9. The number of halogens is 1. The van der Waals surface area contributed by atoms with Crippen LogP contribution in [0.15, 0.2) is 72.9 Å². The van der Waals surface area contributed by atoms with Gasteiger partial charge in [-0.3, -0.25) is 4.79 Å².